The Morgan fingerprint density at radius 1 is 1.14 bits per heavy atom. The second-order valence-corrected chi connectivity index (χ2v) is 11.4. The molecule has 4 rings (SSSR count). The molecule has 1 fully saturated rings. The third-order valence-electron chi connectivity index (χ3n) is 7.40. The maximum Gasteiger partial charge on any atom is 0.119 e. The quantitative estimate of drug-likeness (QED) is 0.226. The van der Waals surface area contributed by atoms with Crippen molar-refractivity contribution in [3.63, 3.8) is 0 Å². The van der Waals surface area contributed by atoms with E-state index in [1.165, 1.54) is 16.9 Å². The molecule has 0 saturated carbocycles. The summed E-state index contributed by atoms with van der Waals surface area (Å²) in [7, 11) is 1.68. The summed E-state index contributed by atoms with van der Waals surface area (Å²) >= 11 is 8.50. The Kier molecular flexibility index (Phi) is 9.34. The van der Waals surface area contributed by atoms with Gasteiger partial charge < -0.3 is 14.7 Å². The normalized spacial score (nSPS) is 16.0. The van der Waals surface area contributed by atoms with Crippen LogP contribution < -0.4 is 4.74 Å². The molecule has 188 valence electrons. The molecule has 35 heavy (non-hydrogen) atoms. The standard InChI is InChI=1S/C29H37ClN2O2S/c1-22-6-3-7-24(18-22)35-17-5-14-32-15-12-29(21-33,13-16-32)11-4-8-25-26-19-23(34-2)9-10-28(26)31-20-27(25)30/h3,6-7,9-10,18-20,33H,4-5,8,11-17,21H2,1-2H3. The summed E-state index contributed by atoms with van der Waals surface area (Å²) in [5, 5.41) is 12.1. The summed E-state index contributed by atoms with van der Waals surface area (Å²) in [6.45, 7) is 5.71. The largest absolute Gasteiger partial charge is 0.497 e. The van der Waals surface area contributed by atoms with Gasteiger partial charge in [-0.05, 0) is 112 Å². The highest BCUT2D eigenvalue weighted by Gasteiger charge is 2.33. The Bertz CT molecular complexity index is 1120. The van der Waals surface area contributed by atoms with Gasteiger partial charge in [0.05, 0.1) is 17.6 Å². The van der Waals surface area contributed by atoms with Crippen LogP contribution in [0.15, 0.2) is 53.6 Å². The van der Waals surface area contributed by atoms with E-state index in [4.69, 9.17) is 16.3 Å². The summed E-state index contributed by atoms with van der Waals surface area (Å²) in [5.41, 5.74) is 3.42. The van der Waals surface area contributed by atoms with Gasteiger partial charge in [0, 0.05) is 23.1 Å². The van der Waals surface area contributed by atoms with Crippen molar-refractivity contribution in [3.8, 4) is 5.75 Å². The summed E-state index contributed by atoms with van der Waals surface area (Å²) in [4.78, 5) is 8.41. The van der Waals surface area contributed by atoms with Crippen LogP contribution in [0.2, 0.25) is 5.02 Å². The smallest absolute Gasteiger partial charge is 0.119 e. The van der Waals surface area contributed by atoms with Gasteiger partial charge in [-0.25, -0.2) is 0 Å². The summed E-state index contributed by atoms with van der Waals surface area (Å²) in [6, 6.07) is 14.7. The van der Waals surface area contributed by atoms with Crippen molar-refractivity contribution in [3.05, 3.63) is 64.8 Å². The SMILES string of the molecule is COc1ccc2ncc(Cl)c(CCCC3(CO)CCN(CCCSc4cccc(C)c4)CC3)c2c1. The van der Waals surface area contributed by atoms with Crippen molar-refractivity contribution >= 4 is 34.3 Å². The summed E-state index contributed by atoms with van der Waals surface area (Å²) in [5.74, 6) is 1.97. The van der Waals surface area contributed by atoms with E-state index in [2.05, 4.69) is 41.1 Å². The molecule has 0 amide bonds. The predicted octanol–water partition coefficient (Wildman–Crippen LogP) is 6.78. The Hall–Kier alpha value is -1.79. The van der Waals surface area contributed by atoms with Crippen LogP contribution in [0.4, 0.5) is 0 Å². The lowest BCUT2D eigenvalue weighted by Gasteiger charge is -2.41. The fraction of sp³-hybridized carbons (Fsp3) is 0.483. The van der Waals surface area contributed by atoms with E-state index in [-0.39, 0.29) is 12.0 Å². The second-order valence-electron chi connectivity index (χ2n) is 9.84. The first-order valence-corrected chi connectivity index (χ1v) is 14.0. The minimum atomic E-state index is 0.0276. The van der Waals surface area contributed by atoms with Crippen molar-refractivity contribution < 1.29 is 9.84 Å². The van der Waals surface area contributed by atoms with Crippen LogP contribution in [0, 0.1) is 12.3 Å². The molecule has 4 nitrogen and oxygen atoms in total. The highest BCUT2D eigenvalue weighted by molar-refractivity contribution is 7.99. The molecule has 1 aliphatic rings. The van der Waals surface area contributed by atoms with E-state index in [1.54, 1.807) is 13.3 Å². The van der Waals surface area contributed by atoms with Crippen LogP contribution in [0.1, 0.15) is 43.2 Å². The Labute approximate surface area is 219 Å². The van der Waals surface area contributed by atoms with Gasteiger partial charge in [-0.2, -0.15) is 0 Å². The predicted molar refractivity (Wildman–Crippen MR) is 148 cm³/mol. The fourth-order valence-electron chi connectivity index (χ4n) is 5.14. The number of hydrogen-bond acceptors (Lipinski definition) is 5. The maximum absolute atomic E-state index is 10.3. The molecule has 0 atom stereocenters. The third-order valence-corrected chi connectivity index (χ3v) is 8.80. The van der Waals surface area contributed by atoms with Crippen LogP contribution in [-0.2, 0) is 6.42 Å². The minimum Gasteiger partial charge on any atom is -0.497 e. The molecule has 0 bridgehead atoms. The summed E-state index contributed by atoms with van der Waals surface area (Å²) < 4.78 is 5.41. The number of fused-ring (bicyclic) bond motifs is 1. The number of nitrogens with zero attached hydrogens (tertiary/aromatic N) is 2. The molecule has 0 aliphatic carbocycles. The van der Waals surface area contributed by atoms with Gasteiger partial charge in [-0.15, -0.1) is 11.8 Å². The molecule has 2 heterocycles. The van der Waals surface area contributed by atoms with E-state index >= 15 is 0 Å². The van der Waals surface area contributed by atoms with Crippen LogP contribution in [0.5, 0.6) is 5.75 Å². The molecule has 1 saturated heterocycles. The number of pyridine rings is 1. The van der Waals surface area contributed by atoms with Gasteiger partial charge in [0.1, 0.15) is 5.75 Å². The maximum atomic E-state index is 10.3. The highest BCUT2D eigenvalue weighted by Crippen LogP contribution is 2.37. The lowest BCUT2D eigenvalue weighted by Crippen LogP contribution is -2.42. The zero-order valence-electron chi connectivity index (χ0n) is 20.9. The van der Waals surface area contributed by atoms with Gasteiger partial charge in [0.15, 0.2) is 0 Å². The number of likely N-dealkylation sites (tertiary alicyclic amines) is 1. The monoisotopic (exact) mass is 512 g/mol. The van der Waals surface area contributed by atoms with Crippen LogP contribution >= 0.6 is 23.4 Å². The van der Waals surface area contributed by atoms with Crippen molar-refractivity contribution in [2.75, 3.05) is 39.1 Å². The van der Waals surface area contributed by atoms with Crippen LogP contribution in [0.3, 0.4) is 0 Å². The molecule has 0 unspecified atom stereocenters. The Morgan fingerprint density at radius 3 is 2.71 bits per heavy atom. The first-order chi connectivity index (χ1) is 17.0. The van der Waals surface area contributed by atoms with Gasteiger partial charge in [0.2, 0.25) is 0 Å². The van der Waals surface area contributed by atoms with Gasteiger partial charge in [-0.3, -0.25) is 4.98 Å². The molecule has 1 N–H and O–H groups in total. The molecule has 1 aliphatic heterocycles. The number of rotatable bonds is 11. The number of hydrogen-bond donors (Lipinski definition) is 1. The fourth-order valence-corrected chi connectivity index (χ4v) is 6.34. The number of methoxy groups -OCH3 is 1. The lowest BCUT2D eigenvalue weighted by atomic mass is 9.75. The zero-order valence-corrected chi connectivity index (χ0v) is 22.5. The number of aliphatic hydroxyl groups excluding tert-OH is 1. The number of aromatic nitrogens is 1. The number of benzene rings is 2. The molecule has 0 radical (unpaired) electrons. The molecular formula is C29H37ClN2O2S. The van der Waals surface area contributed by atoms with E-state index in [0.717, 1.165) is 79.7 Å². The summed E-state index contributed by atoms with van der Waals surface area (Å²) in [6.07, 6.45) is 7.98. The minimum absolute atomic E-state index is 0.0276. The average Bonchev–Trinajstić information content (AvgIpc) is 2.88. The first-order valence-electron chi connectivity index (χ1n) is 12.7. The third kappa shape index (κ3) is 6.91. The van der Waals surface area contributed by atoms with E-state index < -0.39 is 0 Å². The Balaban J connectivity index is 1.25. The van der Waals surface area contributed by atoms with Gasteiger partial charge in [0.25, 0.3) is 0 Å². The van der Waals surface area contributed by atoms with Crippen LogP contribution in [-0.4, -0.2) is 54.1 Å². The molecule has 3 aromatic rings. The van der Waals surface area contributed by atoms with E-state index in [0.29, 0.717) is 5.02 Å². The number of piperidine rings is 1. The topological polar surface area (TPSA) is 45.6 Å². The number of halogens is 1. The highest BCUT2D eigenvalue weighted by atomic mass is 35.5. The Morgan fingerprint density at radius 2 is 1.97 bits per heavy atom. The number of thioether (sulfide) groups is 1. The van der Waals surface area contributed by atoms with Crippen LogP contribution in [0.25, 0.3) is 10.9 Å². The number of aliphatic hydroxyl groups is 1. The van der Waals surface area contributed by atoms with Crippen molar-refractivity contribution in [2.24, 2.45) is 5.41 Å². The molecule has 1 aromatic heterocycles. The molecule has 0 spiro atoms. The molecule has 2 aromatic carbocycles. The van der Waals surface area contributed by atoms with Crippen molar-refractivity contribution in [2.45, 2.75) is 50.3 Å². The second kappa shape index (κ2) is 12.4. The number of ether oxygens (including phenoxy) is 1. The van der Waals surface area contributed by atoms with Gasteiger partial charge >= 0.3 is 0 Å². The molecule has 6 heteroatoms. The van der Waals surface area contributed by atoms with Crippen molar-refractivity contribution in [1.29, 1.82) is 0 Å². The number of aryl methyl sites for hydroxylation is 2. The van der Waals surface area contributed by atoms with Crippen molar-refractivity contribution in [1.82, 2.24) is 9.88 Å². The van der Waals surface area contributed by atoms with E-state index in [9.17, 15) is 5.11 Å². The molecular weight excluding hydrogens is 476 g/mol. The van der Waals surface area contributed by atoms with E-state index in [1.807, 2.05) is 30.0 Å². The zero-order chi connectivity index (χ0) is 24.7. The van der Waals surface area contributed by atoms with Gasteiger partial charge in [-0.1, -0.05) is 29.3 Å². The first kappa shape index (κ1) is 26.3. The average molecular weight is 513 g/mol. The lowest BCUT2D eigenvalue weighted by molar-refractivity contribution is 0.0358.